The van der Waals surface area contributed by atoms with E-state index >= 15 is 0 Å². The molecule has 4 atom stereocenters. The van der Waals surface area contributed by atoms with Crippen molar-refractivity contribution in [3.05, 3.63) is 59.2 Å². The maximum atomic E-state index is 13.5. The first-order valence-corrected chi connectivity index (χ1v) is 9.91. The van der Waals surface area contributed by atoms with E-state index in [9.17, 15) is 9.59 Å². The van der Waals surface area contributed by atoms with Crippen LogP contribution in [0.15, 0.2) is 42.5 Å². The third-order valence-electron chi connectivity index (χ3n) is 5.95. The smallest absolute Gasteiger partial charge is 0.222 e. The summed E-state index contributed by atoms with van der Waals surface area (Å²) in [7, 11) is 0. The molecule has 29 heavy (non-hydrogen) atoms. The molecule has 0 saturated carbocycles. The van der Waals surface area contributed by atoms with Crippen molar-refractivity contribution < 1.29 is 19.1 Å². The molecule has 0 aliphatic carbocycles. The van der Waals surface area contributed by atoms with E-state index in [4.69, 9.17) is 9.47 Å². The first kappa shape index (κ1) is 18.1. The minimum atomic E-state index is -0.440. The molecule has 7 nitrogen and oxygen atoms in total. The van der Waals surface area contributed by atoms with Crippen molar-refractivity contribution in [2.45, 2.75) is 25.6 Å². The summed E-state index contributed by atoms with van der Waals surface area (Å²) < 4.78 is 11.2. The lowest BCUT2D eigenvalue weighted by atomic mass is 9.74. The largest absolute Gasteiger partial charge is 0.486 e. The van der Waals surface area contributed by atoms with Gasteiger partial charge < -0.3 is 14.8 Å². The van der Waals surface area contributed by atoms with Crippen molar-refractivity contribution in [1.29, 1.82) is 0 Å². The number of Topliss-reactive ketones (excluding diaryl/α,β-unsaturated/α-hetero) is 1. The average molecular weight is 393 g/mol. The molecule has 3 aliphatic heterocycles. The van der Waals surface area contributed by atoms with E-state index in [1.807, 2.05) is 6.92 Å². The molecule has 2 fully saturated rings. The van der Waals surface area contributed by atoms with Gasteiger partial charge in [-0.25, -0.2) is 10.9 Å². The average Bonchev–Trinajstić information content (AvgIpc) is 3.16. The van der Waals surface area contributed by atoms with Gasteiger partial charge in [0.05, 0.1) is 12.2 Å². The van der Waals surface area contributed by atoms with Crippen LogP contribution in [0.4, 0.5) is 0 Å². The van der Waals surface area contributed by atoms with Crippen LogP contribution < -0.4 is 25.6 Å². The second-order valence-electron chi connectivity index (χ2n) is 7.83. The Kier molecular flexibility index (Phi) is 4.49. The van der Waals surface area contributed by atoms with E-state index in [0.717, 1.165) is 5.56 Å². The summed E-state index contributed by atoms with van der Waals surface area (Å²) in [5, 5.41) is 2.97. The SMILES string of the molecule is Cc1ccc(C2NNC3NC(=O)CC(C(=O)c4ccc5c(c4)OCCO5)C32)cc1. The Morgan fingerprint density at radius 1 is 1.00 bits per heavy atom. The molecular weight excluding hydrogens is 370 g/mol. The van der Waals surface area contributed by atoms with Crippen molar-refractivity contribution in [1.82, 2.24) is 16.2 Å². The van der Waals surface area contributed by atoms with E-state index in [0.29, 0.717) is 30.3 Å². The van der Waals surface area contributed by atoms with Gasteiger partial charge in [0.1, 0.15) is 13.2 Å². The lowest BCUT2D eigenvalue weighted by molar-refractivity contribution is -0.125. The molecule has 3 aliphatic rings. The molecule has 0 bridgehead atoms. The van der Waals surface area contributed by atoms with Crippen LogP contribution in [0.2, 0.25) is 0 Å². The fourth-order valence-corrected chi connectivity index (χ4v) is 4.49. The topological polar surface area (TPSA) is 88.7 Å². The molecule has 150 valence electrons. The van der Waals surface area contributed by atoms with Crippen LogP contribution in [-0.4, -0.2) is 31.1 Å². The number of nitrogens with one attached hydrogen (secondary N) is 3. The van der Waals surface area contributed by atoms with Gasteiger partial charge in [-0.15, -0.1) is 0 Å². The molecule has 5 rings (SSSR count). The Morgan fingerprint density at radius 3 is 2.55 bits per heavy atom. The molecule has 2 aromatic carbocycles. The predicted molar refractivity (Wildman–Crippen MR) is 105 cm³/mol. The zero-order valence-electron chi connectivity index (χ0n) is 16.1. The van der Waals surface area contributed by atoms with E-state index in [-0.39, 0.29) is 36.2 Å². The highest BCUT2D eigenvalue weighted by molar-refractivity contribution is 6.01. The van der Waals surface area contributed by atoms with Gasteiger partial charge in [-0.2, -0.15) is 0 Å². The number of aryl methyl sites for hydroxylation is 1. The van der Waals surface area contributed by atoms with Gasteiger partial charge in [0, 0.05) is 23.8 Å². The van der Waals surface area contributed by atoms with Gasteiger partial charge in [0.25, 0.3) is 0 Å². The normalized spacial score (nSPS) is 27.8. The maximum Gasteiger partial charge on any atom is 0.222 e. The Hall–Kier alpha value is -2.90. The van der Waals surface area contributed by atoms with Crippen LogP contribution in [0.3, 0.4) is 0 Å². The van der Waals surface area contributed by atoms with Crippen LogP contribution in [0.25, 0.3) is 0 Å². The molecule has 2 saturated heterocycles. The van der Waals surface area contributed by atoms with E-state index in [2.05, 4.69) is 40.4 Å². The molecule has 4 unspecified atom stereocenters. The summed E-state index contributed by atoms with van der Waals surface area (Å²) in [5.41, 5.74) is 9.25. The van der Waals surface area contributed by atoms with Crippen molar-refractivity contribution in [2.75, 3.05) is 13.2 Å². The van der Waals surface area contributed by atoms with Gasteiger partial charge in [-0.1, -0.05) is 29.8 Å². The van der Waals surface area contributed by atoms with E-state index in [1.54, 1.807) is 18.2 Å². The van der Waals surface area contributed by atoms with Gasteiger partial charge >= 0.3 is 0 Å². The lowest BCUT2D eigenvalue weighted by Gasteiger charge is -2.35. The second-order valence-corrected chi connectivity index (χ2v) is 7.83. The number of carbonyl (C=O) groups is 2. The third kappa shape index (κ3) is 3.26. The second kappa shape index (κ2) is 7.17. The number of carbonyl (C=O) groups excluding carboxylic acids is 2. The maximum absolute atomic E-state index is 13.5. The number of hydrazine groups is 1. The summed E-state index contributed by atoms with van der Waals surface area (Å²) in [5.74, 6) is 0.516. The third-order valence-corrected chi connectivity index (χ3v) is 5.95. The first-order chi connectivity index (χ1) is 14.1. The highest BCUT2D eigenvalue weighted by atomic mass is 16.6. The number of hydrogen-bond acceptors (Lipinski definition) is 6. The highest BCUT2D eigenvalue weighted by Crippen LogP contribution is 2.40. The fourth-order valence-electron chi connectivity index (χ4n) is 4.49. The summed E-state index contributed by atoms with van der Waals surface area (Å²) in [6.45, 7) is 3.01. The van der Waals surface area contributed by atoms with Crippen molar-refractivity contribution in [3.63, 3.8) is 0 Å². The van der Waals surface area contributed by atoms with Gasteiger partial charge in [-0.05, 0) is 30.7 Å². The van der Waals surface area contributed by atoms with Crippen LogP contribution in [0, 0.1) is 18.8 Å². The van der Waals surface area contributed by atoms with E-state index < -0.39 is 5.92 Å². The summed E-state index contributed by atoms with van der Waals surface area (Å²) in [6, 6.07) is 13.4. The van der Waals surface area contributed by atoms with Crippen LogP contribution >= 0.6 is 0 Å². The molecule has 2 aromatic rings. The minimum absolute atomic E-state index is 0.0468. The molecule has 3 N–H and O–H groups in total. The molecule has 7 heteroatoms. The van der Waals surface area contributed by atoms with Crippen molar-refractivity contribution in [2.24, 2.45) is 11.8 Å². The number of piperidine rings is 1. The first-order valence-electron chi connectivity index (χ1n) is 9.91. The Bertz CT molecular complexity index is 959. The number of ether oxygens (including phenoxy) is 2. The number of hydrogen-bond donors (Lipinski definition) is 3. The van der Waals surface area contributed by atoms with Crippen LogP contribution in [0.5, 0.6) is 11.5 Å². The van der Waals surface area contributed by atoms with Crippen molar-refractivity contribution in [3.8, 4) is 11.5 Å². The Balaban J connectivity index is 1.47. The molecule has 0 spiro atoms. The molecular formula is C22H23N3O4. The summed E-state index contributed by atoms with van der Waals surface area (Å²) in [4.78, 5) is 25.8. The van der Waals surface area contributed by atoms with Gasteiger partial charge in [0.15, 0.2) is 17.3 Å². The number of amides is 1. The van der Waals surface area contributed by atoms with Crippen LogP contribution in [0.1, 0.15) is 33.9 Å². The van der Waals surface area contributed by atoms with Gasteiger partial charge in [0.2, 0.25) is 5.91 Å². The predicted octanol–water partition coefficient (Wildman–Crippen LogP) is 1.88. The zero-order valence-corrected chi connectivity index (χ0v) is 16.1. The van der Waals surface area contributed by atoms with Crippen LogP contribution in [-0.2, 0) is 4.79 Å². The van der Waals surface area contributed by atoms with Crippen molar-refractivity contribution >= 4 is 11.7 Å². The lowest BCUT2D eigenvalue weighted by Crippen LogP contribution is -2.54. The highest BCUT2D eigenvalue weighted by Gasteiger charge is 2.49. The number of rotatable bonds is 3. The minimum Gasteiger partial charge on any atom is -0.486 e. The fraction of sp³-hybridized carbons (Fsp3) is 0.364. The Labute approximate surface area is 168 Å². The monoisotopic (exact) mass is 393 g/mol. The molecule has 1 amide bonds. The quantitative estimate of drug-likeness (QED) is 0.690. The molecule has 0 radical (unpaired) electrons. The van der Waals surface area contributed by atoms with Gasteiger partial charge in [-0.3, -0.25) is 9.59 Å². The zero-order chi connectivity index (χ0) is 20.0. The van der Waals surface area contributed by atoms with E-state index in [1.165, 1.54) is 5.56 Å². The number of benzene rings is 2. The number of fused-ring (bicyclic) bond motifs is 2. The molecule has 0 aromatic heterocycles. The summed E-state index contributed by atoms with van der Waals surface area (Å²) >= 11 is 0. The number of ketones is 1. The Morgan fingerprint density at radius 2 is 1.76 bits per heavy atom. The standard InChI is InChI=1S/C22H23N3O4/c1-12-2-4-13(5-3-12)20-19-15(11-18(26)23-22(19)25-24-20)21(27)14-6-7-16-17(10-14)29-9-8-28-16/h2-7,10,15,19-20,22,24-25H,8-9,11H2,1H3,(H,23,26). The molecule has 3 heterocycles. The summed E-state index contributed by atoms with van der Waals surface area (Å²) in [6.07, 6.45) is -0.131.